The Bertz CT molecular complexity index is 907. The van der Waals surface area contributed by atoms with Gasteiger partial charge in [-0.25, -0.2) is 0 Å². The summed E-state index contributed by atoms with van der Waals surface area (Å²) >= 11 is 1.73. The van der Waals surface area contributed by atoms with Crippen LogP contribution >= 0.6 is 11.3 Å². The normalized spacial score (nSPS) is 15.7. The predicted molar refractivity (Wildman–Crippen MR) is 127 cm³/mol. The van der Waals surface area contributed by atoms with Crippen molar-refractivity contribution >= 4 is 23.2 Å². The molecule has 6 nitrogen and oxygen atoms in total. The Labute approximate surface area is 195 Å². The molecule has 0 bridgehead atoms. The van der Waals surface area contributed by atoms with Gasteiger partial charge in [0, 0.05) is 24.6 Å². The molecule has 0 spiro atoms. The Morgan fingerprint density at radius 1 is 1.16 bits per heavy atom. The summed E-state index contributed by atoms with van der Waals surface area (Å²) in [6, 6.07) is 9.98. The Morgan fingerprint density at radius 3 is 2.50 bits per heavy atom. The van der Waals surface area contributed by atoms with Gasteiger partial charge < -0.3 is 19.3 Å². The summed E-state index contributed by atoms with van der Waals surface area (Å²) in [5.74, 6) is 1.02. The van der Waals surface area contributed by atoms with Crippen LogP contribution in [0.15, 0.2) is 35.7 Å². The molecule has 1 aliphatic rings. The number of carbonyl (C=O) groups is 2. The van der Waals surface area contributed by atoms with Gasteiger partial charge in [-0.15, -0.1) is 11.3 Å². The molecule has 174 valence electrons. The van der Waals surface area contributed by atoms with Crippen LogP contribution in [0, 0.1) is 0 Å². The van der Waals surface area contributed by atoms with E-state index in [4.69, 9.17) is 9.47 Å². The minimum atomic E-state index is -0.179. The van der Waals surface area contributed by atoms with Crippen molar-refractivity contribution in [2.24, 2.45) is 0 Å². The van der Waals surface area contributed by atoms with Crippen LogP contribution in [0.5, 0.6) is 5.75 Å². The van der Waals surface area contributed by atoms with Gasteiger partial charge >= 0.3 is 0 Å². The molecule has 0 saturated heterocycles. The Hall–Kier alpha value is -2.38. The van der Waals surface area contributed by atoms with Crippen molar-refractivity contribution in [2.75, 3.05) is 33.4 Å². The maximum atomic E-state index is 13.3. The van der Waals surface area contributed by atoms with E-state index in [9.17, 15) is 9.59 Å². The van der Waals surface area contributed by atoms with E-state index in [1.54, 1.807) is 16.2 Å². The van der Waals surface area contributed by atoms with Gasteiger partial charge in [-0.3, -0.25) is 9.59 Å². The van der Waals surface area contributed by atoms with Crippen LogP contribution in [0.2, 0.25) is 0 Å². The van der Waals surface area contributed by atoms with E-state index in [1.165, 1.54) is 17.6 Å². The highest BCUT2D eigenvalue weighted by Crippen LogP contribution is 2.34. The molecule has 1 unspecified atom stereocenters. The second-order valence-electron chi connectivity index (χ2n) is 8.74. The molecule has 1 aromatic heterocycles. The molecule has 32 heavy (non-hydrogen) atoms. The molecule has 2 heterocycles. The predicted octanol–water partition coefficient (Wildman–Crippen LogP) is 4.26. The zero-order valence-electron chi connectivity index (χ0n) is 19.7. The molecule has 0 radical (unpaired) electrons. The number of thiophene rings is 1. The second kappa shape index (κ2) is 11.0. The largest absolute Gasteiger partial charge is 0.491 e. The van der Waals surface area contributed by atoms with Gasteiger partial charge in [0.05, 0.1) is 6.04 Å². The van der Waals surface area contributed by atoms with Crippen molar-refractivity contribution in [3.05, 3.63) is 51.7 Å². The van der Waals surface area contributed by atoms with Crippen LogP contribution in [-0.2, 0) is 20.7 Å². The molecule has 1 aromatic carbocycles. The van der Waals surface area contributed by atoms with Gasteiger partial charge in [0.2, 0.25) is 11.8 Å². The quantitative estimate of drug-likeness (QED) is 0.563. The standard InChI is InChI=1S/C25H34N2O4S/c1-17(2)19-6-8-20(9-7-19)31-15-22-21-11-13-32-23(21)10-12-26(22)24(28)14-27(18(3)4)25(29)16-30-5/h6-9,11,13,17-18,22H,10,12,14-16H2,1-5H3. The van der Waals surface area contributed by atoms with E-state index in [0.717, 1.165) is 17.7 Å². The topological polar surface area (TPSA) is 59.1 Å². The molecule has 3 rings (SSSR count). The molecule has 0 N–H and O–H groups in total. The fraction of sp³-hybridized carbons (Fsp3) is 0.520. The lowest BCUT2D eigenvalue weighted by Gasteiger charge is -2.37. The van der Waals surface area contributed by atoms with Gasteiger partial charge in [0.25, 0.3) is 0 Å². The lowest BCUT2D eigenvalue weighted by atomic mass is 10.00. The Kier molecular flexibility index (Phi) is 8.32. The first-order valence-electron chi connectivity index (χ1n) is 11.2. The summed E-state index contributed by atoms with van der Waals surface area (Å²) in [4.78, 5) is 30.5. The summed E-state index contributed by atoms with van der Waals surface area (Å²) in [6.07, 6.45) is 0.825. The molecule has 0 aliphatic carbocycles. The summed E-state index contributed by atoms with van der Waals surface area (Å²) < 4.78 is 11.1. The Morgan fingerprint density at radius 2 is 1.88 bits per heavy atom. The third kappa shape index (κ3) is 5.70. The third-order valence-electron chi connectivity index (χ3n) is 5.89. The highest BCUT2D eigenvalue weighted by molar-refractivity contribution is 7.10. The molecule has 0 fully saturated rings. The average molecular weight is 459 g/mol. The molecule has 7 heteroatoms. The van der Waals surface area contributed by atoms with E-state index < -0.39 is 0 Å². The first-order valence-corrected chi connectivity index (χ1v) is 12.1. The highest BCUT2D eigenvalue weighted by Gasteiger charge is 2.34. The van der Waals surface area contributed by atoms with Crippen LogP contribution in [-0.4, -0.2) is 61.1 Å². The number of amides is 2. The molecule has 1 atom stereocenters. The van der Waals surface area contributed by atoms with E-state index in [-0.39, 0.29) is 37.0 Å². The number of fused-ring (bicyclic) bond motifs is 1. The fourth-order valence-corrected chi connectivity index (χ4v) is 4.93. The van der Waals surface area contributed by atoms with Gasteiger partial charge in [-0.2, -0.15) is 0 Å². The summed E-state index contributed by atoms with van der Waals surface area (Å²) in [7, 11) is 1.49. The lowest BCUT2D eigenvalue weighted by Crippen LogP contribution is -2.50. The fourth-order valence-electron chi connectivity index (χ4n) is 4.00. The van der Waals surface area contributed by atoms with Crippen LogP contribution in [0.4, 0.5) is 0 Å². The molecular weight excluding hydrogens is 424 g/mol. The smallest absolute Gasteiger partial charge is 0.249 e. The van der Waals surface area contributed by atoms with Crippen LogP contribution in [0.25, 0.3) is 0 Å². The monoisotopic (exact) mass is 458 g/mol. The number of hydrogen-bond donors (Lipinski definition) is 0. The van der Waals surface area contributed by atoms with Crippen LogP contribution < -0.4 is 4.74 Å². The van der Waals surface area contributed by atoms with Gasteiger partial charge in [0.15, 0.2) is 0 Å². The third-order valence-corrected chi connectivity index (χ3v) is 6.88. The zero-order valence-corrected chi connectivity index (χ0v) is 20.5. The van der Waals surface area contributed by atoms with Crippen LogP contribution in [0.3, 0.4) is 0 Å². The van der Waals surface area contributed by atoms with Gasteiger partial charge in [-0.05, 0) is 60.9 Å². The van der Waals surface area contributed by atoms with Gasteiger partial charge in [0.1, 0.15) is 25.5 Å². The SMILES string of the molecule is COCC(=O)N(CC(=O)N1CCc2sccc2C1COc1ccc(C(C)C)cc1)C(C)C. The van der Waals surface area contributed by atoms with Crippen molar-refractivity contribution in [3.8, 4) is 5.75 Å². The minimum Gasteiger partial charge on any atom is -0.491 e. The molecule has 1 aliphatic heterocycles. The highest BCUT2D eigenvalue weighted by atomic mass is 32.1. The summed E-state index contributed by atoms with van der Waals surface area (Å²) in [5.41, 5.74) is 2.41. The molecule has 0 saturated carbocycles. The van der Waals surface area contributed by atoms with E-state index >= 15 is 0 Å². The van der Waals surface area contributed by atoms with E-state index in [2.05, 4.69) is 37.4 Å². The number of hydrogen-bond acceptors (Lipinski definition) is 5. The molecule has 2 amide bonds. The molecule has 2 aromatic rings. The summed E-state index contributed by atoms with van der Waals surface area (Å²) in [6.45, 7) is 9.17. The summed E-state index contributed by atoms with van der Waals surface area (Å²) in [5, 5.41) is 2.08. The van der Waals surface area contributed by atoms with Crippen molar-refractivity contribution in [2.45, 2.75) is 52.1 Å². The zero-order chi connectivity index (χ0) is 23.3. The van der Waals surface area contributed by atoms with Crippen molar-refractivity contribution < 1.29 is 19.1 Å². The number of carbonyl (C=O) groups excluding carboxylic acids is 2. The molecular formula is C25H34N2O4S. The number of nitrogens with zero attached hydrogens (tertiary/aromatic N) is 2. The second-order valence-corrected chi connectivity index (χ2v) is 9.74. The first kappa shape index (κ1) is 24.3. The number of benzene rings is 1. The van der Waals surface area contributed by atoms with Crippen molar-refractivity contribution in [1.29, 1.82) is 0 Å². The first-order chi connectivity index (χ1) is 15.3. The maximum absolute atomic E-state index is 13.3. The van der Waals surface area contributed by atoms with Crippen LogP contribution in [0.1, 0.15) is 55.7 Å². The Balaban J connectivity index is 1.75. The lowest BCUT2D eigenvalue weighted by molar-refractivity contribution is -0.146. The van der Waals surface area contributed by atoms with Crippen molar-refractivity contribution in [1.82, 2.24) is 9.80 Å². The number of rotatable bonds is 9. The minimum absolute atomic E-state index is 0.0287. The van der Waals surface area contributed by atoms with Crippen molar-refractivity contribution in [3.63, 3.8) is 0 Å². The maximum Gasteiger partial charge on any atom is 0.249 e. The van der Waals surface area contributed by atoms with E-state index in [0.29, 0.717) is 19.1 Å². The average Bonchev–Trinajstić information content (AvgIpc) is 3.24. The van der Waals surface area contributed by atoms with E-state index in [1.807, 2.05) is 30.9 Å². The number of ether oxygens (including phenoxy) is 2. The number of methoxy groups -OCH3 is 1. The van der Waals surface area contributed by atoms with Gasteiger partial charge in [-0.1, -0.05) is 26.0 Å².